The van der Waals surface area contributed by atoms with Crippen LogP contribution in [0.5, 0.6) is 0 Å². The summed E-state index contributed by atoms with van der Waals surface area (Å²) in [5.41, 5.74) is 6.50. The highest BCUT2D eigenvalue weighted by Crippen LogP contribution is 2.33. The van der Waals surface area contributed by atoms with Crippen molar-refractivity contribution >= 4 is 33.4 Å². The van der Waals surface area contributed by atoms with Crippen molar-refractivity contribution in [1.82, 2.24) is 5.32 Å². The van der Waals surface area contributed by atoms with Crippen LogP contribution in [0.25, 0.3) is 0 Å². The molecule has 0 aliphatic carbocycles. The van der Waals surface area contributed by atoms with Crippen LogP contribution in [-0.4, -0.2) is 24.8 Å². The summed E-state index contributed by atoms with van der Waals surface area (Å²) in [5.74, 6) is 0.0978. The molecular formula is C13H21BrN2O2S. The molecule has 0 aliphatic heterocycles. The molecule has 1 aromatic heterocycles. The van der Waals surface area contributed by atoms with Crippen molar-refractivity contribution in [1.29, 1.82) is 0 Å². The number of ether oxygens (including phenoxy) is 1. The molecule has 1 rings (SSSR count). The van der Waals surface area contributed by atoms with Gasteiger partial charge in [0.2, 0.25) is 0 Å². The number of amides is 1. The molecule has 6 heteroatoms. The molecule has 0 fully saturated rings. The largest absolute Gasteiger partial charge is 0.444 e. The van der Waals surface area contributed by atoms with Crippen LogP contribution in [0.3, 0.4) is 0 Å². The Kier molecular flexibility index (Phi) is 5.82. The van der Waals surface area contributed by atoms with Crippen LogP contribution in [0.2, 0.25) is 0 Å². The number of alkyl carbamates (subject to hydrolysis) is 1. The van der Waals surface area contributed by atoms with E-state index >= 15 is 0 Å². The van der Waals surface area contributed by atoms with Crippen molar-refractivity contribution in [2.45, 2.75) is 39.2 Å². The Hall–Kier alpha value is -0.590. The highest BCUT2D eigenvalue weighted by molar-refractivity contribution is 9.10. The summed E-state index contributed by atoms with van der Waals surface area (Å²) in [6.45, 7) is 8.52. The average molecular weight is 349 g/mol. The number of aryl methyl sites for hydroxylation is 1. The topological polar surface area (TPSA) is 64.3 Å². The Labute approximate surface area is 126 Å². The van der Waals surface area contributed by atoms with Crippen LogP contribution in [-0.2, 0) is 4.74 Å². The number of thiophene rings is 1. The first-order valence-electron chi connectivity index (χ1n) is 6.15. The van der Waals surface area contributed by atoms with Crippen LogP contribution >= 0.6 is 27.3 Å². The smallest absolute Gasteiger partial charge is 0.407 e. The molecular weight excluding hydrogens is 328 g/mol. The fourth-order valence-corrected chi connectivity index (χ4v) is 3.46. The molecule has 1 heterocycles. The Balaban J connectivity index is 2.59. The normalized spacial score (nSPS) is 13.2. The predicted octanol–water partition coefficient (Wildman–Crippen LogP) is 3.39. The SMILES string of the molecule is Cc1csc(C(CN)CNC(=O)OC(C)(C)C)c1Br. The highest BCUT2D eigenvalue weighted by Gasteiger charge is 2.20. The van der Waals surface area contributed by atoms with E-state index in [1.54, 1.807) is 11.3 Å². The fourth-order valence-electron chi connectivity index (χ4n) is 1.53. The molecule has 4 nitrogen and oxygen atoms in total. The molecule has 3 N–H and O–H groups in total. The lowest BCUT2D eigenvalue weighted by Gasteiger charge is -2.21. The Morgan fingerprint density at radius 2 is 2.21 bits per heavy atom. The molecule has 19 heavy (non-hydrogen) atoms. The summed E-state index contributed by atoms with van der Waals surface area (Å²) in [5, 5.41) is 4.85. The van der Waals surface area contributed by atoms with Crippen LogP contribution in [0.15, 0.2) is 9.85 Å². The molecule has 0 aromatic carbocycles. The van der Waals surface area contributed by atoms with E-state index in [0.29, 0.717) is 13.1 Å². The highest BCUT2D eigenvalue weighted by atomic mass is 79.9. The van der Waals surface area contributed by atoms with Gasteiger partial charge in [-0.15, -0.1) is 11.3 Å². The van der Waals surface area contributed by atoms with Crippen molar-refractivity contribution in [2.75, 3.05) is 13.1 Å². The molecule has 0 saturated carbocycles. The van der Waals surface area contributed by atoms with Gasteiger partial charge >= 0.3 is 6.09 Å². The summed E-state index contributed by atoms with van der Waals surface area (Å²) < 4.78 is 6.29. The Morgan fingerprint density at radius 1 is 1.58 bits per heavy atom. The first kappa shape index (κ1) is 16.5. The summed E-state index contributed by atoms with van der Waals surface area (Å²) in [6, 6.07) is 0. The molecule has 0 radical (unpaired) electrons. The van der Waals surface area contributed by atoms with Gasteiger partial charge in [0, 0.05) is 28.4 Å². The maximum absolute atomic E-state index is 11.6. The van der Waals surface area contributed by atoms with Crippen molar-refractivity contribution in [3.05, 3.63) is 20.3 Å². The molecule has 0 aliphatic rings. The molecule has 1 amide bonds. The minimum Gasteiger partial charge on any atom is -0.444 e. The van der Waals surface area contributed by atoms with Gasteiger partial charge in [-0.2, -0.15) is 0 Å². The van der Waals surface area contributed by atoms with Gasteiger partial charge in [0.25, 0.3) is 0 Å². The van der Waals surface area contributed by atoms with E-state index in [-0.39, 0.29) is 5.92 Å². The van der Waals surface area contributed by atoms with Gasteiger partial charge in [0.05, 0.1) is 0 Å². The second-order valence-corrected chi connectivity index (χ2v) is 7.12. The zero-order valence-corrected chi connectivity index (χ0v) is 14.2. The summed E-state index contributed by atoms with van der Waals surface area (Å²) in [4.78, 5) is 12.8. The van der Waals surface area contributed by atoms with E-state index in [0.717, 1.165) is 9.35 Å². The number of nitrogens with two attached hydrogens (primary N) is 1. The van der Waals surface area contributed by atoms with Crippen LogP contribution in [0.1, 0.15) is 37.1 Å². The monoisotopic (exact) mass is 348 g/mol. The van der Waals surface area contributed by atoms with Crippen molar-refractivity contribution < 1.29 is 9.53 Å². The zero-order chi connectivity index (χ0) is 14.6. The number of carbonyl (C=O) groups is 1. The molecule has 108 valence electrons. The third kappa shape index (κ3) is 5.12. The lowest BCUT2D eigenvalue weighted by atomic mass is 10.1. The number of hydrogen-bond donors (Lipinski definition) is 2. The van der Waals surface area contributed by atoms with Gasteiger partial charge in [-0.3, -0.25) is 0 Å². The van der Waals surface area contributed by atoms with E-state index in [1.807, 2.05) is 27.7 Å². The van der Waals surface area contributed by atoms with Gasteiger partial charge in [0.1, 0.15) is 5.60 Å². The van der Waals surface area contributed by atoms with E-state index in [9.17, 15) is 4.79 Å². The van der Waals surface area contributed by atoms with Gasteiger partial charge in [-0.05, 0) is 54.6 Å². The van der Waals surface area contributed by atoms with Gasteiger partial charge < -0.3 is 15.8 Å². The van der Waals surface area contributed by atoms with Crippen LogP contribution in [0.4, 0.5) is 4.79 Å². The predicted molar refractivity (Wildman–Crippen MR) is 82.8 cm³/mol. The van der Waals surface area contributed by atoms with E-state index in [4.69, 9.17) is 10.5 Å². The minimum atomic E-state index is -0.484. The summed E-state index contributed by atoms with van der Waals surface area (Å²) in [7, 11) is 0. The number of carbonyl (C=O) groups excluding carboxylic acids is 1. The third-order valence-corrected chi connectivity index (χ3v) is 5.05. The molecule has 0 bridgehead atoms. The molecule has 1 atom stereocenters. The lowest BCUT2D eigenvalue weighted by Crippen LogP contribution is -2.36. The van der Waals surface area contributed by atoms with Gasteiger partial charge in [-0.25, -0.2) is 4.79 Å². The van der Waals surface area contributed by atoms with Gasteiger partial charge in [-0.1, -0.05) is 0 Å². The van der Waals surface area contributed by atoms with Gasteiger partial charge in [0.15, 0.2) is 0 Å². The number of rotatable bonds is 4. The van der Waals surface area contributed by atoms with Crippen molar-refractivity contribution in [2.24, 2.45) is 5.73 Å². The third-order valence-electron chi connectivity index (χ3n) is 2.47. The first-order chi connectivity index (χ1) is 8.74. The van der Waals surface area contributed by atoms with Crippen LogP contribution < -0.4 is 11.1 Å². The Bertz CT molecular complexity index is 440. The maximum atomic E-state index is 11.6. The molecule has 1 aromatic rings. The molecule has 0 spiro atoms. The maximum Gasteiger partial charge on any atom is 0.407 e. The van der Waals surface area contributed by atoms with Crippen molar-refractivity contribution in [3.63, 3.8) is 0 Å². The minimum absolute atomic E-state index is 0.0978. The standard InChI is InChI=1S/C13H21BrN2O2S/c1-8-7-19-11(10(8)14)9(5-15)6-16-12(17)18-13(2,3)4/h7,9H,5-6,15H2,1-4H3,(H,16,17). The van der Waals surface area contributed by atoms with E-state index in [2.05, 4.69) is 26.6 Å². The average Bonchev–Trinajstić information content (AvgIpc) is 2.59. The zero-order valence-electron chi connectivity index (χ0n) is 11.7. The summed E-state index contributed by atoms with van der Waals surface area (Å²) >= 11 is 5.21. The quantitative estimate of drug-likeness (QED) is 0.876. The van der Waals surface area contributed by atoms with E-state index in [1.165, 1.54) is 5.56 Å². The fraction of sp³-hybridized carbons (Fsp3) is 0.615. The Morgan fingerprint density at radius 3 is 2.63 bits per heavy atom. The first-order valence-corrected chi connectivity index (χ1v) is 7.82. The second-order valence-electron chi connectivity index (χ2n) is 5.41. The second kappa shape index (κ2) is 6.72. The lowest BCUT2D eigenvalue weighted by molar-refractivity contribution is 0.0525. The van der Waals surface area contributed by atoms with E-state index < -0.39 is 11.7 Å². The van der Waals surface area contributed by atoms with Crippen LogP contribution in [0, 0.1) is 6.92 Å². The number of nitrogens with one attached hydrogen (secondary N) is 1. The molecule has 1 unspecified atom stereocenters. The number of hydrogen-bond acceptors (Lipinski definition) is 4. The summed E-state index contributed by atoms with van der Waals surface area (Å²) in [6.07, 6.45) is -0.407. The number of halogens is 1. The molecule has 0 saturated heterocycles. The van der Waals surface area contributed by atoms with Crippen molar-refractivity contribution in [3.8, 4) is 0 Å².